The van der Waals surface area contributed by atoms with Crippen LogP contribution in [0, 0.1) is 0 Å². The Morgan fingerprint density at radius 2 is 1.90 bits per heavy atom. The van der Waals surface area contributed by atoms with Crippen LogP contribution < -0.4 is 20.5 Å². The molecule has 5 nitrogen and oxygen atoms in total. The number of hydrogen-bond donors (Lipinski definition) is 2. The summed E-state index contributed by atoms with van der Waals surface area (Å²) in [7, 11) is 1.56. The van der Waals surface area contributed by atoms with Gasteiger partial charge in [-0.3, -0.25) is 4.79 Å². The topological polar surface area (TPSA) is 73.6 Å². The lowest BCUT2D eigenvalue weighted by Gasteiger charge is -2.16. The fraction of sp³-hybridized carbons (Fsp3) is 0.188. The summed E-state index contributed by atoms with van der Waals surface area (Å²) in [4.78, 5) is 12.1. The van der Waals surface area contributed by atoms with Gasteiger partial charge >= 0.3 is 0 Å². The van der Waals surface area contributed by atoms with Crippen molar-refractivity contribution in [3.8, 4) is 11.5 Å². The summed E-state index contributed by atoms with van der Waals surface area (Å²) < 4.78 is 10.7. The first kappa shape index (κ1) is 14.7. The summed E-state index contributed by atoms with van der Waals surface area (Å²) in [6.45, 7) is 1.66. The van der Waals surface area contributed by atoms with Gasteiger partial charge in [0.05, 0.1) is 12.8 Å². The normalized spacial score (nSPS) is 11.5. The van der Waals surface area contributed by atoms with Crippen molar-refractivity contribution >= 4 is 17.3 Å². The number of para-hydroxylation sites is 1. The number of nitrogen functional groups attached to an aromatic ring is 1. The van der Waals surface area contributed by atoms with Crippen molar-refractivity contribution in [1.29, 1.82) is 0 Å². The average Bonchev–Trinajstić information content (AvgIpc) is 2.50. The van der Waals surface area contributed by atoms with E-state index >= 15 is 0 Å². The van der Waals surface area contributed by atoms with Crippen LogP contribution in [0.4, 0.5) is 11.4 Å². The minimum absolute atomic E-state index is 0.247. The van der Waals surface area contributed by atoms with E-state index in [2.05, 4.69) is 5.32 Å². The summed E-state index contributed by atoms with van der Waals surface area (Å²) in [5.41, 5.74) is 7.01. The molecule has 2 aromatic carbocycles. The number of anilines is 2. The van der Waals surface area contributed by atoms with Crippen LogP contribution in [0.25, 0.3) is 0 Å². The van der Waals surface area contributed by atoms with Crippen molar-refractivity contribution in [3.63, 3.8) is 0 Å². The third-order valence-corrected chi connectivity index (χ3v) is 2.94. The van der Waals surface area contributed by atoms with Crippen molar-refractivity contribution in [3.05, 3.63) is 48.5 Å². The average molecular weight is 286 g/mol. The molecule has 2 rings (SSSR count). The first-order valence-electron chi connectivity index (χ1n) is 6.56. The second kappa shape index (κ2) is 6.65. The summed E-state index contributed by atoms with van der Waals surface area (Å²) in [5, 5.41) is 2.77. The van der Waals surface area contributed by atoms with Crippen LogP contribution in [-0.2, 0) is 4.79 Å². The van der Waals surface area contributed by atoms with Gasteiger partial charge in [0.25, 0.3) is 5.91 Å². The number of carbonyl (C=O) groups excluding carboxylic acids is 1. The standard InChI is InChI=1S/C16H18N2O3/c1-11(16(19)18-12-6-4-3-5-7-12)21-15-10-13(20-2)8-9-14(15)17/h3-11H,17H2,1-2H3,(H,18,19). The van der Waals surface area contributed by atoms with Crippen LogP contribution >= 0.6 is 0 Å². The summed E-state index contributed by atoms with van der Waals surface area (Å²) in [6.07, 6.45) is -0.681. The molecule has 2 aromatic rings. The lowest BCUT2D eigenvalue weighted by atomic mass is 10.2. The lowest BCUT2D eigenvalue weighted by molar-refractivity contribution is -0.122. The minimum atomic E-state index is -0.681. The molecule has 0 aromatic heterocycles. The molecule has 0 bridgehead atoms. The maximum absolute atomic E-state index is 12.1. The maximum atomic E-state index is 12.1. The molecule has 0 aliphatic heterocycles. The zero-order valence-electron chi connectivity index (χ0n) is 12.0. The van der Waals surface area contributed by atoms with E-state index in [1.165, 1.54) is 0 Å². The predicted molar refractivity (Wildman–Crippen MR) is 82.6 cm³/mol. The van der Waals surface area contributed by atoms with E-state index in [0.29, 0.717) is 17.2 Å². The molecular weight excluding hydrogens is 268 g/mol. The largest absolute Gasteiger partial charge is 0.497 e. The minimum Gasteiger partial charge on any atom is -0.497 e. The Morgan fingerprint density at radius 3 is 2.57 bits per heavy atom. The fourth-order valence-electron chi connectivity index (χ4n) is 1.75. The molecule has 0 aliphatic rings. The fourth-order valence-corrected chi connectivity index (χ4v) is 1.75. The molecule has 1 atom stereocenters. The number of ether oxygens (including phenoxy) is 2. The van der Waals surface area contributed by atoms with Crippen molar-refractivity contribution < 1.29 is 14.3 Å². The van der Waals surface area contributed by atoms with E-state index in [0.717, 1.165) is 5.69 Å². The first-order chi connectivity index (χ1) is 10.1. The lowest BCUT2D eigenvalue weighted by Crippen LogP contribution is -2.30. The Hall–Kier alpha value is -2.69. The number of benzene rings is 2. The molecular formula is C16H18N2O3. The monoisotopic (exact) mass is 286 g/mol. The molecule has 110 valence electrons. The van der Waals surface area contributed by atoms with E-state index in [1.54, 1.807) is 32.2 Å². The van der Waals surface area contributed by atoms with E-state index < -0.39 is 6.10 Å². The molecule has 3 N–H and O–H groups in total. The molecule has 0 fully saturated rings. The molecule has 21 heavy (non-hydrogen) atoms. The molecule has 1 amide bonds. The highest BCUT2D eigenvalue weighted by Crippen LogP contribution is 2.27. The van der Waals surface area contributed by atoms with Crippen molar-refractivity contribution in [1.82, 2.24) is 0 Å². The Balaban J connectivity index is 2.04. The number of rotatable bonds is 5. The summed E-state index contributed by atoms with van der Waals surface area (Å²) in [6, 6.07) is 14.3. The zero-order chi connectivity index (χ0) is 15.2. The highest BCUT2D eigenvalue weighted by Gasteiger charge is 2.16. The quantitative estimate of drug-likeness (QED) is 0.829. The highest BCUT2D eigenvalue weighted by molar-refractivity contribution is 5.94. The van der Waals surface area contributed by atoms with Crippen LogP contribution in [0.15, 0.2) is 48.5 Å². The van der Waals surface area contributed by atoms with Crippen molar-refractivity contribution in [2.45, 2.75) is 13.0 Å². The Kier molecular flexibility index (Phi) is 4.66. The van der Waals surface area contributed by atoms with Gasteiger partial charge in [-0.15, -0.1) is 0 Å². The number of nitrogens with one attached hydrogen (secondary N) is 1. The number of methoxy groups -OCH3 is 1. The van der Waals surface area contributed by atoms with Gasteiger partial charge in [-0.25, -0.2) is 0 Å². The van der Waals surface area contributed by atoms with E-state index in [9.17, 15) is 4.79 Å². The molecule has 1 unspecified atom stereocenters. The van der Waals surface area contributed by atoms with Crippen LogP contribution in [0.2, 0.25) is 0 Å². The first-order valence-corrected chi connectivity index (χ1v) is 6.56. The maximum Gasteiger partial charge on any atom is 0.265 e. The van der Waals surface area contributed by atoms with Crippen molar-refractivity contribution in [2.75, 3.05) is 18.2 Å². The van der Waals surface area contributed by atoms with E-state index in [-0.39, 0.29) is 5.91 Å². The third kappa shape index (κ3) is 3.89. The van der Waals surface area contributed by atoms with Crippen molar-refractivity contribution in [2.24, 2.45) is 0 Å². The van der Waals surface area contributed by atoms with Gasteiger partial charge in [0.15, 0.2) is 6.10 Å². The molecule has 0 saturated carbocycles. The van der Waals surface area contributed by atoms with Crippen LogP contribution in [-0.4, -0.2) is 19.1 Å². The second-order valence-corrected chi connectivity index (χ2v) is 4.52. The van der Waals surface area contributed by atoms with Crippen LogP contribution in [0.5, 0.6) is 11.5 Å². The molecule has 0 spiro atoms. The third-order valence-electron chi connectivity index (χ3n) is 2.94. The second-order valence-electron chi connectivity index (χ2n) is 4.52. The van der Waals surface area contributed by atoms with Crippen LogP contribution in [0.1, 0.15) is 6.92 Å². The summed E-state index contributed by atoms with van der Waals surface area (Å²) in [5.74, 6) is 0.795. The van der Waals surface area contributed by atoms with Gasteiger partial charge in [0, 0.05) is 11.8 Å². The van der Waals surface area contributed by atoms with Gasteiger partial charge in [0.2, 0.25) is 0 Å². The van der Waals surface area contributed by atoms with Gasteiger partial charge in [-0.1, -0.05) is 18.2 Å². The van der Waals surface area contributed by atoms with Gasteiger partial charge < -0.3 is 20.5 Å². The van der Waals surface area contributed by atoms with E-state index in [4.69, 9.17) is 15.2 Å². The molecule has 0 aliphatic carbocycles. The summed E-state index contributed by atoms with van der Waals surface area (Å²) >= 11 is 0. The number of carbonyl (C=O) groups is 1. The Morgan fingerprint density at radius 1 is 1.19 bits per heavy atom. The van der Waals surface area contributed by atoms with Gasteiger partial charge in [-0.2, -0.15) is 0 Å². The van der Waals surface area contributed by atoms with Gasteiger partial charge in [-0.05, 0) is 31.2 Å². The highest BCUT2D eigenvalue weighted by atomic mass is 16.5. The number of nitrogens with two attached hydrogens (primary N) is 1. The number of amides is 1. The smallest absolute Gasteiger partial charge is 0.265 e. The molecule has 0 saturated heterocycles. The molecule has 0 heterocycles. The van der Waals surface area contributed by atoms with E-state index in [1.807, 2.05) is 30.3 Å². The van der Waals surface area contributed by atoms with Gasteiger partial charge in [0.1, 0.15) is 11.5 Å². The Labute approximate surface area is 123 Å². The SMILES string of the molecule is COc1ccc(N)c(OC(C)C(=O)Nc2ccccc2)c1. The number of hydrogen-bond acceptors (Lipinski definition) is 4. The van der Waals surface area contributed by atoms with Crippen LogP contribution in [0.3, 0.4) is 0 Å². The molecule has 5 heteroatoms. The Bertz CT molecular complexity index is 614. The molecule has 0 radical (unpaired) electrons. The zero-order valence-corrected chi connectivity index (χ0v) is 12.0. The predicted octanol–water partition coefficient (Wildman–Crippen LogP) is 2.68.